The first-order valence-corrected chi connectivity index (χ1v) is 8.67. The van der Waals surface area contributed by atoms with E-state index >= 15 is 0 Å². The van der Waals surface area contributed by atoms with Gasteiger partial charge in [-0.05, 0) is 52.9 Å². The van der Waals surface area contributed by atoms with E-state index in [9.17, 15) is 13.5 Å². The molecule has 1 heterocycles. The monoisotopic (exact) mass is 311 g/mol. The summed E-state index contributed by atoms with van der Waals surface area (Å²) in [5, 5.41) is 13.2. The first kappa shape index (κ1) is 15.2. The molecule has 0 saturated carbocycles. The van der Waals surface area contributed by atoms with E-state index in [1.807, 2.05) is 16.8 Å². The van der Waals surface area contributed by atoms with E-state index in [-0.39, 0.29) is 11.5 Å². The van der Waals surface area contributed by atoms with Crippen LogP contribution in [0.2, 0.25) is 0 Å². The zero-order chi connectivity index (χ0) is 14.6. The van der Waals surface area contributed by atoms with Gasteiger partial charge in [-0.15, -0.1) is 0 Å². The molecule has 6 heteroatoms. The van der Waals surface area contributed by atoms with Gasteiger partial charge in [-0.1, -0.05) is 12.1 Å². The van der Waals surface area contributed by atoms with E-state index < -0.39 is 10.0 Å². The number of aliphatic hydroxyl groups excluding tert-OH is 1. The Labute approximate surface area is 123 Å². The smallest absolute Gasteiger partial charge is 0.240 e. The molecule has 1 aromatic heterocycles. The third kappa shape index (κ3) is 3.46. The van der Waals surface area contributed by atoms with Gasteiger partial charge in [0.15, 0.2) is 0 Å². The van der Waals surface area contributed by atoms with Gasteiger partial charge in [0.05, 0.1) is 11.5 Å². The van der Waals surface area contributed by atoms with Crippen molar-refractivity contribution in [1.82, 2.24) is 4.72 Å². The second-order valence-corrected chi connectivity index (χ2v) is 6.99. The average molecular weight is 311 g/mol. The highest BCUT2D eigenvalue weighted by Crippen LogP contribution is 2.18. The fraction of sp³-hybridized carbons (Fsp3) is 0.286. The minimum absolute atomic E-state index is 0.163. The van der Waals surface area contributed by atoms with Crippen LogP contribution in [-0.2, 0) is 23.1 Å². The first-order valence-electron chi connectivity index (χ1n) is 6.24. The van der Waals surface area contributed by atoms with Gasteiger partial charge in [0.1, 0.15) is 0 Å². The normalized spacial score (nSPS) is 11.7. The molecular weight excluding hydrogens is 294 g/mol. The molecule has 0 bridgehead atoms. The zero-order valence-corrected chi connectivity index (χ0v) is 12.8. The van der Waals surface area contributed by atoms with Gasteiger partial charge in [0, 0.05) is 6.54 Å². The molecule has 1 aromatic carbocycles. The highest BCUT2D eigenvalue weighted by molar-refractivity contribution is 7.89. The number of sulfonamides is 1. The molecule has 0 radical (unpaired) electrons. The third-order valence-electron chi connectivity index (χ3n) is 3.14. The minimum atomic E-state index is -3.53. The average Bonchev–Trinajstić information content (AvgIpc) is 2.91. The minimum Gasteiger partial charge on any atom is -0.392 e. The Hall–Kier alpha value is -1.21. The number of hydrogen-bond acceptors (Lipinski definition) is 4. The second-order valence-electron chi connectivity index (χ2n) is 4.48. The van der Waals surface area contributed by atoms with Crippen molar-refractivity contribution in [2.75, 3.05) is 6.54 Å². The van der Waals surface area contributed by atoms with Crippen molar-refractivity contribution in [2.24, 2.45) is 0 Å². The van der Waals surface area contributed by atoms with Crippen molar-refractivity contribution in [3.8, 4) is 0 Å². The number of thiophene rings is 1. The van der Waals surface area contributed by atoms with Gasteiger partial charge in [-0.3, -0.25) is 0 Å². The van der Waals surface area contributed by atoms with Gasteiger partial charge >= 0.3 is 0 Å². The summed E-state index contributed by atoms with van der Waals surface area (Å²) >= 11 is 1.60. The molecule has 0 saturated heterocycles. The number of benzene rings is 1. The molecule has 0 amide bonds. The van der Waals surface area contributed by atoms with Gasteiger partial charge < -0.3 is 5.11 Å². The van der Waals surface area contributed by atoms with Gasteiger partial charge in [-0.2, -0.15) is 11.3 Å². The summed E-state index contributed by atoms with van der Waals surface area (Å²) in [7, 11) is -3.53. The zero-order valence-electron chi connectivity index (χ0n) is 11.2. The van der Waals surface area contributed by atoms with Crippen LogP contribution in [0.4, 0.5) is 0 Å². The largest absolute Gasteiger partial charge is 0.392 e. The molecule has 0 aliphatic carbocycles. The molecule has 20 heavy (non-hydrogen) atoms. The van der Waals surface area contributed by atoms with Crippen LogP contribution in [0.5, 0.6) is 0 Å². The summed E-state index contributed by atoms with van der Waals surface area (Å²) < 4.78 is 27.1. The van der Waals surface area contributed by atoms with Crippen molar-refractivity contribution in [3.63, 3.8) is 0 Å². The molecule has 0 unspecified atom stereocenters. The maximum Gasteiger partial charge on any atom is 0.240 e. The number of hydrogen-bond donors (Lipinski definition) is 2. The van der Waals surface area contributed by atoms with Gasteiger partial charge in [0.25, 0.3) is 0 Å². The van der Waals surface area contributed by atoms with E-state index in [0.29, 0.717) is 24.1 Å². The summed E-state index contributed by atoms with van der Waals surface area (Å²) in [4.78, 5) is 0.231. The lowest BCUT2D eigenvalue weighted by molar-refractivity contribution is 0.280. The molecule has 0 spiro atoms. The lowest BCUT2D eigenvalue weighted by Crippen LogP contribution is -2.26. The van der Waals surface area contributed by atoms with E-state index in [2.05, 4.69) is 4.72 Å². The lowest BCUT2D eigenvalue weighted by atomic mass is 10.1. The standard InChI is InChI=1S/C14H17NO3S2/c1-11-13(9-16)3-2-4-14(11)20(17,18)15-7-5-12-6-8-19-10-12/h2-4,6,8,10,15-16H,5,7,9H2,1H3. The Bertz CT molecular complexity index is 664. The number of nitrogens with one attached hydrogen (secondary N) is 1. The maximum atomic E-state index is 12.3. The summed E-state index contributed by atoms with van der Waals surface area (Å²) in [5.74, 6) is 0. The highest BCUT2D eigenvalue weighted by Gasteiger charge is 2.17. The summed E-state index contributed by atoms with van der Waals surface area (Å²) in [6.07, 6.45) is 0.668. The van der Waals surface area contributed by atoms with Crippen LogP contribution in [0, 0.1) is 6.92 Å². The van der Waals surface area contributed by atoms with Crippen molar-refractivity contribution < 1.29 is 13.5 Å². The third-order valence-corrected chi connectivity index (χ3v) is 5.48. The molecule has 2 N–H and O–H groups in total. The van der Waals surface area contributed by atoms with E-state index in [1.54, 1.807) is 36.5 Å². The quantitative estimate of drug-likeness (QED) is 0.858. The SMILES string of the molecule is Cc1c(CO)cccc1S(=O)(=O)NCCc1ccsc1. The Morgan fingerprint density at radius 3 is 2.75 bits per heavy atom. The molecule has 0 aliphatic rings. The molecule has 4 nitrogen and oxygen atoms in total. The van der Waals surface area contributed by atoms with E-state index in [1.165, 1.54) is 0 Å². The van der Waals surface area contributed by atoms with Crippen molar-refractivity contribution in [1.29, 1.82) is 0 Å². The Morgan fingerprint density at radius 2 is 2.10 bits per heavy atom. The number of aliphatic hydroxyl groups is 1. The van der Waals surface area contributed by atoms with E-state index in [4.69, 9.17) is 0 Å². The lowest BCUT2D eigenvalue weighted by Gasteiger charge is -2.11. The molecule has 108 valence electrons. The fourth-order valence-electron chi connectivity index (χ4n) is 1.96. The summed E-state index contributed by atoms with van der Waals surface area (Å²) in [6.45, 7) is 1.91. The Balaban J connectivity index is 2.10. The van der Waals surface area contributed by atoms with Crippen molar-refractivity contribution in [2.45, 2.75) is 24.8 Å². The predicted molar refractivity (Wildman–Crippen MR) is 80.3 cm³/mol. The molecule has 2 aromatic rings. The highest BCUT2D eigenvalue weighted by atomic mass is 32.2. The molecule has 0 atom stereocenters. The first-order chi connectivity index (χ1) is 9.54. The van der Waals surface area contributed by atoms with Crippen LogP contribution < -0.4 is 4.72 Å². The van der Waals surface area contributed by atoms with E-state index in [0.717, 1.165) is 5.56 Å². The van der Waals surface area contributed by atoms with Crippen LogP contribution in [0.1, 0.15) is 16.7 Å². The summed E-state index contributed by atoms with van der Waals surface area (Å²) in [5.41, 5.74) is 2.35. The number of rotatable bonds is 6. The van der Waals surface area contributed by atoms with Crippen LogP contribution in [-0.4, -0.2) is 20.1 Å². The van der Waals surface area contributed by atoms with Crippen LogP contribution in [0.25, 0.3) is 0 Å². The predicted octanol–water partition coefficient (Wildman–Crippen LogP) is 2.07. The Kier molecular flexibility index (Phi) is 4.93. The maximum absolute atomic E-state index is 12.3. The molecule has 0 aliphatic heterocycles. The summed E-state index contributed by atoms with van der Waals surface area (Å²) in [6, 6.07) is 6.91. The fourth-order valence-corrected chi connectivity index (χ4v) is 3.99. The van der Waals surface area contributed by atoms with Crippen LogP contribution >= 0.6 is 11.3 Å². The molecule has 2 rings (SSSR count). The van der Waals surface area contributed by atoms with Gasteiger partial charge in [0.2, 0.25) is 10.0 Å². The molecular formula is C14H17NO3S2. The van der Waals surface area contributed by atoms with Crippen molar-refractivity contribution in [3.05, 3.63) is 51.7 Å². The van der Waals surface area contributed by atoms with Gasteiger partial charge in [-0.25, -0.2) is 13.1 Å². The van der Waals surface area contributed by atoms with Crippen molar-refractivity contribution >= 4 is 21.4 Å². The van der Waals surface area contributed by atoms with Crippen LogP contribution in [0.15, 0.2) is 39.9 Å². The second kappa shape index (κ2) is 6.49. The van der Waals surface area contributed by atoms with Crippen LogP contribution in [0.3, 0.4) is 0 Å². The molecule has 0 fully saturated rings. The Morgan fingerprint density at radius 1 is 1.30 bits per heavy atom. The topological polar surface area (TPSA) is 66.4 Å².